The Labute approximate surface area is 212 Å². The molecule has 188 valence electrons. The summed E-state index contributed by atoms with van der Waals surface area (Å²) in [5, 5.41) is 7.45. The largest absolute Gasteiger partial charge is 0.416 e. The number of thioether (sulfide) groups is 1. The third kappa shape index (κ3) is 5.00. The van der Waals surface area contributed by atoms with Crippen LogP contribution in [-0.4, -0.2) is 51.1 Å². The molecule has 1 aromatic heterocycles. The number of halogens is 5. The normalized spacial score (nSPS) is 21.9. The van der Waals surface area contributed by atoms with Gasteiger partial charge in [0.25, 0.3) is 11.1 Å². The van der Waals surface area contributed by atoms with Crippen molar-refractivity contribution in [1.82, 2.24) is 20.0 Å². The van der Waals surface area contributed by atoms with Crippen LogP contribution in [0.4, 0.5) is 22.4 Å². The molecule has 3 aromatic rings. The number of hydrogen-bond donors (Lipinski definition) is 1. The molecule has 0 saturated carbocycles. The Morgan fingerprint density at radius 2 is 2.00 bits per heavy atom. The fourth-order valence-electron chi connectivity index (χ4n) is 4.37. The van der Waals surface area contributed by atoms with Crippen LogP contribution in [0.15, 0.2) is 47.5 Å². The van der Waals surface area contributed by atoms with E-state index in [1.54, 1.807) is 24.3 Å². The number of hydrogen-bond acceptors (Lipinski definition) is 5. The standard InChI is InChI=1S/C24H19ClF4N4O2S/c25-16-3-2-14(19(7-16)24(27,28)29)11-33-20-4-1-13(5-15(20)9-31-33)6-21-22(34)32(23(35)36-21)12-18-8-17(26)10-30-18/h1-7,9,17-18,30H,8,10-12H2/b21-6-/t17-,18+/m1/s1. The van der Waals surface area contributed by atoms with Crippen LogP contribution in [0.2, 0.25) is 5.02 Å². The smallest absolute Gasteiger partial charge is 0.309 e. The highest BCUT2D eigenvalue weighted by Crippen LogP contribution is 2.35. The summed E-state index contributed by atoms with van der Waals surface area (Å²) < 4.78 is 55.3. The molecule has 0 aliphatic carbocycles. The first-order valence-electron chi connectivity index (χ1n) is 11.0. The molecule has 2 aromatic carbocycles. The first-order chi connectivity index (χ1) is 17.1. The molecule has 2 aliphatic rings. The summed E-state index contributed by atoms with van der Waals surface area (Å²) in [7, 11) is 0. The molecule has 0 unspecified atom stereocenters. The fraction of sp³-hybridized carbons (Fsp3) is 0.292. The highest BCUT2D eigenvalue weighted by molar-refractivity contribution is 8.18. The fourth-order valence-corrected chi connectivity index (χ4v) is 5.39. The molecule has 2 fully saturated rings. The SMILES string of the molecule is O=C1S/C(=C\c2ccc3c(cnn3Cc3ccc(Cl)cc3C(F)(F)F)c2)C(=O)N1C[C@@H]1C[C@@H](F)CN1. The molecule has 2 saturated heterocycles. The van der Waals surface area contributed by atoms with E-state index in [9.17, 15) is 27.2 Å². The molecule has 0 bridgehead atoms. The number of rotatable bonds is 5. The Morgan fingerprint density at radius 1 is 1.19 bits per heavy atom. The lowest BCUT2D eigenvalue weighted by molar-refractivity contribution is -0.138. The number of nitrogens with zero attached hydrogens (tertiary/aromatic N) is 3. The summed E-state index contributed by atoms with van der Waals surface area (Å²) in [6, 6.07) is 8.50. The van der Waals surface area contributed by atoms with Gasteiger partial charge in [-0.05, 0) is 59.7 Å². The van der Waals surface area contributed by atoms with E-state index in [0.29, 0.717) is 16.5 Å². The van der Waals surface area contributed by atoms with Crippen LogP contribution in [0.25, 0.3) is 17.0 Å². The predicted octanol–water partition coefficient (Wildman–Crippen LogP) is 5.49. The van der Waals surface area contributed by atoms with Gasteiger partial charge in [0, 0.05) is 29.5 Å². The molecule has 5 rings (SSSR count). The topological polar surface area (TPSA) is 67.2 Å². The van der Waals surface area contributed by atoms with E-state index in [0.717, 1.165) is 22.7 Å². The highest BCUT2D eigenvalue weighted by atomic mass is 35.5. The van der Waals surface area contributed by atoms with E-state index < -0.39 is 29.1 Å². The predicted molar refractivity (Wildman–Crippen MR) is 129 cm³/mol. The maximum absolute atomic E-state index is 13.5. The zero-order chi connectivity index (χ0) is 25.6. The van der Waals surface area contributed by atoms with E-state index >= 15 is 0 Å². The van der Waals surface area contributed by atoms with Crippen molar-refractivity contribution in [2.75, 3.05) is 13.1 Å². The number of nitrogens with one attached hydrogen (secondary N) is 1. The van der Waals surface area contributed by atoms with Gasteiger partial charge in [-0.15, -0.1) is 0 Å². The lowest BCUT2D eigenvalue weighted by Gasteiger charge is -2.17. The van der Waals surface area contributed by atoms with Gasteiger partial charge in [0.05, 0.1) is 28.7 Å². The van der Waals surface area contributed by atoms with Crippen LogP contribution in [-0.2, 0) is 17.5 Å². The summed E-state index contributed by atoms with van der Waals surface area (Å²) >= 11 is 6.58. The van der Waals surface area contributed by atoms with Gasteiger partial charge in [-0.3, -0.25) is 19.2 Å². The van der Waals surface area contributed by atoms with Crippen molar-refractivity contribution in [2.24, 2.45) is 0 Å². The second-order valence-corrected chi connectivity index (χ2v) is 10.1. The zero-order valence-corrected chi connectivity index (χ0v) is 20.1. The van der Waals surface area contributed by atoms with E-state index in [1.165, 1.54) is 23.0 Å². The number of alkyl halides is 4. The minimum absolute atomic E-state index is 0.00318. The minimum Gasteiger partial charge on any atom is -0.309 e. The second-order valence-electron chi connectivity index (χ2n) is 8.65. The molecule has 0 radical (unpaired) electrons. The lowest BCUT2D eigenvalue weighted by Crippen LogP contribution is -2.39. The first-order valence-corrected chi connectivity index (χ1v) is 12.2. The van der Waals surface area contributed by atoms with Gasteiger partial charge < -0.3 is 5.32 Å². The van der Waals surface area contributed by atoms with Crippen LogP contribution in [0.1, 0.15) is 23.1 Å². The third-order valence-electron chi connectivity index (χ3n) is 6.11. The minimum atomic E-state index is -4.55. The maximum Gasteiger partial charge on any atom is 0.416 e. The Morgan fingerprint density at radius 3 is 2.72 bits per heavy atom. The molecule has 0 spiro atoms. The molecule has 36 heavy (non-hydrogen) atoms. The van der Waals surface area contributed by atoms with E-state index in [2.05, 4.69) is 10.4 Å². The van der Waals surface area contributed by atoms with Crippen LogP contribution in [0.3, 0.4) is 0 Å². The number of aromatic nitrogens is 2. The van der Waals surface area contributed by atoms with E-state index in [-0.39, 0.29) is 47.6 Å². The van der Waals surface area contributed by atoms with E-state index in [4.69, 9.17) is 11.6 Å². The quantitative estimate of drug-likeness (QED) is 0.343. The van der Waals surface area contributed by atoms with Crippen LogP contribution >= 0.6 is 23.4 Å². The third-order valence-corrected chi connectivity index (χ3v) is 7.25. The van der Waals surface area contributed by atoms with Gasteiger partial charge in [-0.2, -0.15) is 18.3 Å². The zero-order valence-electron chi connectivity index (χ0n) is 18.6. The van der Waals surface area contributed by atoms with Gasteiger partial charge in [0.15, 0.2) is 0 Å². The average molecular weight is 539 g/mol. The number of carbonyl (C=O) groups is 2. The lowest BCUT2D eigenvalue weighted by atomic mass is 10.1. The van der Waals surface area contributed by atoms with E-state index in [1.807, 2.05) is 0 Å². The molecule has 3 heterocycles. The highest BCUT2D eigenvalue weighted by Gasteiger charge is 2.38. The number of fused-ring (bicyclic) bond motifs is 1. The number of benzene rings is 2. The second kappa shape index (κ2) is 9.53. The molecule has 2 amide bonds. The summed E-state index contributed by atoms with van der Waals surface area (Å²) in [5.74, 6) is -0.438. The Hall–Kier alpha value is -2.89. The molecule has 12 heteroatoms. The molecule has 2 aliphatic heterocycles. The molecule has 6 nitrogen and oxygen atoms in total. The molecular formula is C24H19ClF4N4O2S. The summed E-state index contributed by atoms with van der Waals surface area (Å²) in [6.07, 6.45) is -2.18. The Balaban J connectivity index is 1.36. The Kier molecular flexibility index (Phi) is 6.56. The molecular weight excluding hydrogens is 520 g/mol. The van der Waals surface area contributed by atoms with Crippen LogP contribution < -0.4 is 5.32 Å². The summed E-state index contributed by atoms with van der Waals surface area (Å²) in [4.78, 5) is 26.5. The summed E-state index contributed by atoms with van der Waals surface area (Å²) in [6.45, 7) is 0.210. The monoisotopic (exact) mass is 538 g/mol. The van der Waals surface area contributed by atoms with Crippen molar-refractivity contribution in [3.63, 3.8) is 0 Å². The van der Waals surface area contributed by atoms with Crippen molar-refractivity contribution in [3.05, 3.63) is 69.2 Å². The molecule has 2 atom stereocenters. The average Bonchev–Trinajstić information content (AvgIpc) is 3.48. The maximum atomic E-state index is 13.5. The van der Waals surface area contributed by atoms with Gasteiger partial charge in [0.2, 0.25) is 0 Å². The van der Waals surface area contributed by atoms with Crippen molar-refractivity contribution in [1.29, 1.82) is 0 Å². The number of imide groups is 1. The van der Waals surface area contributed by atoms with Gasteiger partial charge in [-0.25, -0.2) is 4.39 Å². The van der Waals surface area contributed by atoms with Crippen LogP contribution in [0.5, 0.6) is 0 Å². The van der Waals surface area contributed by atoms with Gasteiger partial charge in [-0.1, -0.05) is 23.7 Å². The number of carbonyl (C=O) groups excluding carboxylic acids is 2. The van der Waals surface area contributed by atoms with Crippen molar-refractivity contribution >= 4 is 51.5 Å². The first kappa shape index (κ1) is 24.8. The van der Waals surface area contributed by atoms with Crippen molar-refractivity contribution in [3.8, 4) is 0 Å². The number of amides is 2. The van der Waals surface area contributed by atoms with Crippen molar-refractivity contribution < 1.29 is 27.2 Å². The Bertz CT molecular complexity index is 1390. The van der Waals surface area contributed by atoms with Gasteiger partial charge in [0.1, 0.15) is 6.17 Å². The summed E-state index contributed by atoms with van der Waals surface area (Å²) in [5.41, 5.74) is 0.459. The van der Waals surface area contributed by atoms with Gasteiger partial charge >= 0.3 is 6.18 Å². The van der Waals surface area contributed by atoms with Crippen LogP contribution in [0, 0.1) is 0 Å². The van der Waals surface area contributed by atoms with Crippen molar-refractivity contribution in [2.45, 2.75) is 31.4 Å². The molecule has 1 N–H and O–H groups in total.